The molecule has 0 fully saturated rings. The van der Waals surface area contributed by atoms with Crippen molar-refractivity contribution in [2.75, 3.05) is 0 Å². The van der Waals surface area contributed by atoms with Crippen LogP contribution in [-0.2, 0) is 12.8 Å². The predicted molar refractivity (Wildman–Crippen MR) is 61.8 cm³/mol. The summed E-state index contributed by atoms with van der Waals surface area (Å²) in [5.41, 5.74) is 0.188. The lowest BCUT2D eigenvalue weighted by Gasteiger charge is -2.01. The smallest absolute Gasteiger partial charge is 0.337 e. The van der Waals surface area contributed by atoms with Crippen molar-refractivity contribution in [3.05, 3.63) is 36.0 Å². The van der Waals surface area contributed by atoms with Crippen LogP contribution in [0.2, 0.25) is 0 Å². The third-order valence-electron chi connectivity index (χ3n) is 2.14. The number of nitrogens with zero attached hydrogens (tertiary/aromatic N) is 4. The first-order valence-corrected chi connectivity index (χ1v) is 5.80. The summed E-state index contributed by atoms with van der Waals surface area (Å²) in [4.78, 5) is 18.8. The molecule has 0 amide bonds. The highest BCUT2D eigenvalue weighted by Crippen LogP contribution is 2.19. The molecule has 0 radical (unpaired) electrons. The van der Waals surface area contributed by atoms with Crippen LogP contribution in [0.1, 0.15) is 16.2 Å². The minimum atomic E-state index is -0.970. The van der Waals surface area contributed by atoms with Gasteiger partial charge in [-0.3, -0.25) is 4.68 Å². The molecule has 17 heavy (non-hydrogen) atoms. The summed E-state index contributed by atoms with van der Waals surface area (Å²) in [5.74, 6) is 0.525. The monoisotopic (exact) mass is 250 g/mol. The van der Waals surface area contributed by atoms with Gasteiger partial charge in [0, 0.05) is 13.2 Å². The van der Waals surface area contributed by atoms with E-state index in [0.717, 1.165) is 10.9 Å². The van der Waals surface area contributed by atoms with E-state index in [-0.39, 0.29) is 5.56 Å². The fourth-order valence-corrected chi connectivity index (χ4v) is 2.01. The second-order valence-electron chi connectivity index (χ2n) is 3.28. The molecular formula is C10H10N4O2S. The van der Waals surface area contributed by atoms with Crippen LogP contribution in [0.25, 0.3) is 0 Å². The molecule has 2 aromatic heterocycles. The van der Waals surface area contributed by atoms with Crippen molar-refractivity contribution in [1.82, 2.24) is 19.7 Å². The van der Waals surface area contributed by atoms with Gasteiger partial charge in [-0.1, -0.05) is 11.8 Å². The highest BCUT2D eigenvalue weighted by molar-refractivity contribution is 7.98. The van der Waals surface area contributed by atoms with Crippen LogP contribution in [0.3, 0.4) is 0 Å². The highest BCUT2D eigenvalue weighted by Gasteiger charge is 2.05. The van der Waals surface area contributed by atoms with Crippen molar-refractivity contribution >= 4 is 17.7 Å². The van der Waals surface area contributed by atoms with Gasteiger partial charge in [0.15, 0.2) is 0 Å². The van der Waals surface area contributed by atoms with E-state index >= 15 is 0 Å². The molecule has 0 aliphatic heterocycles. The zero-order valence-corrected chi connectivity index (χ0v) is 9.89. The summed E-state index contributed by atoms with van der Waals surface area (Å²) >= 11 is 1.49. The maximum absolute atomic E-state index is 10.6. The topological polar surface area (TPSA) is 80.9 Å². The van der Waals surface area contributed by atoms with Crippen molar-refractivity contribution in [2.24, 2.45) is 7.05 Å². The second kappa shape index (κ2) is 4.96. The van der Waals surface area contributed by atoms with Gasteiger partial charge in [-0.25, -0.2) is 14.8 Å². The summed E-state index contributed by atoms with van der Waals surface area (Å²) in [7, 11) is 1.82. The normalized spacial score (nSPS) is 10.4. The number of carboxylic acids is 1. The van der Waals surface area contributed by atoms with Crippen LogP contribution in [0.5, 0.6) is 0 Å². The van der Waals surface area contributed by atoms with E-state index in [9.17, 15) is 4.79 Å². The largest absolute Gasteiger partial charge is 0.478 e. The molecular weight excluding hydrogens is 240 g/mol. The van der Waals surface area contributed by atoms with Crippen LogP contribution in [-0.4, -0.2) is 30.8 Å². The summed E-state index contributed by atoms with van der Waals surface area (Å²) < 4.78 is 1.69. The Bertz CT molecular complexity index is 523. The molecule has 0 spiro atoms. The molecule has 0 bridgehead atoms. The van der Waals surface area contributed by atoms with Crippen LogP contribution in [0, 0.1) is 0 Å². The first-order valence-electron chi connectivity index (χ1n) is 4.82. The minimum Gasteiger partial charge on any atom is -0.478 e. The average molecular weight is 250 g/mol. The van der Waals surface area contributed by atoms with Crippen LogP contribution < -0.4 is 0 Å². The number of aromatic nitrogens is 4. The zero-order chi connectivity index (χ0) is 12.3. The third kappa shape index (κ3) is 2.82. The van der Waals surface area contributed by atoms with E-state index in [4.69, 9.17) is 5.11 Å². The fraction of sp³-hybridized carbons (Fsp3) is 0.200. The predicted octanol–water partition coefficient (Wildman–Crippen LogP) is 1.20. The lowest BCUT2D eigenvalue weighted by Crippen LogP contribution is -1.99. The van der Waals surface area contributed by atoms with E-state index in [1.54, 1.807) is 10.7 Å². The van der Waals surface area contributed by atoms with Gasteiger partial charge in [-0.2, -0.15) is 5.10 Å². The Morgan fingerprint density at radius 2 is 2.29 bits per heavy atom. The summed E-state index contributed by atoms with van der Waals surface area (Å²) in [6.07, 6.45) is 2.85. The summed E-state index contributed by atoms with van der Waals surface area (Å²) in [6, 6.07) is 3.22. The molecule has 6 nitrogen and oxygen atoms in total. The molecule has 0 atom stereocenters. The molecule has 0 aliphatic rings. The highest BCUT2D eigenvalue weighted by atomic mass is 32.2. The Hall–Kier alpha value is -1.89. The number of aryl methyl sites for hydroxylation is 1. The number of rotatable bonds is 4. The first-order chi connectivity index (χ1) is 8.16. The molecule has 0 saturated carbocycles. The number of aromatic carboxylic acids is 1. The molecule has 0 aromatic carbocycles. The Morgan fingerprint density at radius 3 is 2.82 bits per heavy atom. The number of carbonyl (C=O) groups is 1. The molecule has 1 N–H and O–H groups in total. The van der Waals surface area contributed by atoms with Gasteiger partial charge in [0.25, 0.3) is 0 Å². The lowest BCUT2D eigenvalue weighted by molar-refractivity contribution is 0.0696. The first kappa shape index (κ1) is 11.6. The zero-order valence-electron chi connectivity index (χ0n) is 9.07. The van der Waals surface area contributed by atoms with Crippen molar-refractivity contribution in [3.63, 3.8) is 0 Å². The second-order valence-corrected chi connectivity index (χ2v) is 4.27. The number of carboxylic acid groups (broad SMARTS) is 1. The number of hydrogen-bond acceptors (Lipinski definition) is 5. The van der Waals surface area contributed by atoms with E-state index in [1.807, 2.05) is 7.05 Å². The molecule has 7 heteroatoms. The minimum absolute atomic E-state index is 0.188. The Balaban J connectivity index is 2.00. The summed E-state index contributed by atoms with van der Waals surface area (Å²) in [5, 5.41) is 13.4. The Labute approximate surface area is 102 Å². The van der Waals surface area contributed by atoms with Crippen molar-refractivity contribution < 1.29 is 9.90 Å². The Kier molecular flexibility index (Phi) is 3.38. The average Bonchev–Trinajstić information content (AvgIpc) is 2.73. The van der Waals surface area contributed by atoms with Crippen molar-refractivity contribution in [2.45, 2.75) is 10.8 Å². The quantitative estimate of drug-likeness (QED) is 0.821. The molecule has 2 rings (SSSR count). The molecule has 0 unspecified atom stereocenters. The Morgan fingerprint density at radius 1 is 1.47 bits per heavy atom. The van der Waals surface area contributed by atoms with E-state index in [0.29, 0.717) is 5.75 Å². The van der Waals surface area contributed by atoms with Crippen LogP contribution in [0.15, 0.2) is 29.7 Å². The van der Waals surface area contributed by atoms with Gasteiger partial charge in [-0.15, -0.1) is 0 Å². The van der Waals surface area contributed by atoms with Gasteiger partial charge in [0.1, 0.15) is 12.2 Å². The van der Waals surface area contributed by atoms with Gasteiger partial charge >= 0.3 is 5.97 Å². The summed E-state index contributed by atoms with van der Waals surface area (Å²) in [6.45, 7) is 0. The molecule has 2 heterocycles. The van der Waals surface area contributed by atoms with Gasteiger partial charge in [0.2, 0.25) is 0 Å². The number of pyridine rings is 1. The fourth-order valence-electron chi connectivity index (χ4n) is 1.18. The maximum Gasteiger partial charge on any atom is 0.337 e. The third-order valence-corrected chi connectivity index (χ3v) is 3.08. The van der Waals surface area contributed by atoms with E-state index in [2.05, 4.69) is 15.1 Å². The number of thioether (sulfide) groups is 1. The number of hydrogen-bond donors (Lipinski definition) is 1. The van der Waals surface area contributed by atoms with E-state index < -0.39 is 5.97 Å². The standard InChI is InChI=1S/C10H10N4O2S/c1-14-8(12-6-13-14)5-17-9-3-2-7(4-11-9)10(15)16/h2-4,6H,5H2,1H3,(H,15,16). The molecule has 88 valence electrons. The van der Waals surface area contributed by atoms with Gasteiger partial charge < -0.3 is 5.11 Å². The lowest BCUT2D eigenvalue weighted by atomic mass is 10.3. The molecule has 2 aromatic rings. The van der Waals surface area contributed by atoms with E-state index in [1.165, 1.54) is 30.4 Å². The van der Waals surface area contributed by atoms with Crippen LogP contribution >= 0.6 is 11.8 Å². The van der Waals surface area contributed by atoms with Crippen molar-refractivity contribution in [3.8, 4) is 0 Å². The van der Waals surface area contributed by atoms with Gasteiger partial charge in [-0.05, 0) is 12.1 Å². The molecule has 0 saturated heterocycles. The maximum atomic E-state index is 10.6. The van der Waals surface area contributed by atoms with Gasteiger partial charge in [0.05, 0.1) is 16.3 Å². The SMILES string of the molecule is Cn1ncnc1CSc1ccc(C(=O)O)cn1. The van der Waals surface area contributed by atoms with Crippen LogP contribution in [0.4, 0.5) is 0 Å². The van der Waals surface area contributed by atoms with Crippen molar-refractivity contribution in [1.29, 1.82) is 0 Å². The molecule has 0 aliphatic carbocycles.